The second-order valence-electron chi connectivity index (χ2n) is 7.18. The summed E-state index contributed by atoms with van der Waals surface area (Å²) < 4.78 is 21.9. The lowest BCUT2D eigenvalue weighted by molar-refractivity contribution is 0.0663. The van der Waals surface area contributed by atoms with E-state index in [0.717, 1.165) is 11.1 Å². The van der Waals surface area contributed by atoms with E-state index in [9.17, 15) is 9.59 Å². The van der Waals surface area contributed by atoms with Crippen LogP contribution in [0.3, 0.4) is 0 Å². The highest BCUT2D eigenvalue weighted by Crippen LogP contribution is 2.40. The molecule has 4 rings (SSSR count). The van der Waals surface area contributed by atoms with Crippen molar-refractivity contribution in [2.24, 2.45) is 0 Å². The molecule has 0 aliphatic carbocycles. The molecule has 1 aliphatic rings. The van der Waals surface area contributed by atoms with E-state index in [-0.39, 0.29) is 17.1 Å². The number of methoxy groups -OCH3 is 3. The largest absolute Gasteiger partial charge is 0.493 e. The number of nitrogens with zero attached hydrogens (tertiary/aromatic N) is 1. The van der Waals surface area contributed by atoms with Gasteiger partial charge in [0.25, 0.3) is 5.91 Å². The first-order chi connectivity index (χ1) is 14.5. The summed E-state index contributed by atoms with van der Waals surface area (Å²) in [6.07, 6.45) is 0. The highest BCUT2D eigenvalue weighted by Gasteiger charge is 2.42. The monoisotopic (exact) mass is 409 g/mol. The van der Waals surface area contributed by atoms with Crippen molar-refractivity contribution in [3.8, 4) is 11.5 Å². The minimum Gasteiger partial charge on any atom is -0.493 e. The summed E-state index contributed by atoms with van der Waals surface area (Å²) in [7, 11) is 4.67. The lowest BCUT2D eigenvalue weighted by atomic mass is 9.97. The minimum absolute atomic E-state index is 0.0761. The summed E-state index contributed by atoms with van der Waals surface area (Å²) in [6, 6.07) is 10.1. The average Bonchev–Trinajstić information content (AvgIpc) is 3.04. The van der Waals surface area contributed by atoms with Gasteiger partial charge in [-0.3, -0.25) is 9.59 Å². The van der Waals surface area contributed by atoms with E-state index in [1.165, 1.54) is 0 Å². The first kappa shape index (κ1) is 20.0. The number of amides is 1. The van der Waals surface area contributed by atoms with Gasteiger partial charge in [0.05, 0.1) is 37.8 Å². The van der Waals surface area contributed by atoms with Gasteiger partial charge in [-0.15, -0.1) is 0 Å². The van der Waals surface area contributed by atoms with E-state index in [1.807, 2.05) is 19.1 Å². The summed E-state index contributed by atoms with van der Waals surface area (Å²) in [5.74, 6) is 0.827. The number of ether oxygens (including phenoxy) is 3. The van der Waals surface area contributed by atoms with E-state index in [4.69, 9.17) is 18.6 Å². The molecule has 1 amide bonds. The van der Waals surface area contributed by atoms with Gasteiger partial charge in [-0.1, -0.05) is 17.7 Å². The van der Waals surface area contributed by atoms with Crippen molar-refractivity contribution < 1.29 is 23.4 Å². The molecular weight excluding hydrogens is 386 g/mol. The molecule has 1 aliphatic heterocycles. The molecule has 0 unspecified atom stereocenters. The first-order valence-electron chi connectivity index (χ1n) is 9.59. The number of benzene rings is 2. The number of hydrogen-bond acceptors (Lipinski definition) is 6. The Bertz CT molecular complexity index is 1180. The molecule has 1 atom stereocenters. The zero-order chi connectivity index (χ0) is 21.4. The van der Waals surface area contributed by atoms with Gasteiger partial charge in [-0.25, -0.2) is 0 Å². The Labute approximate surface area is 173 Å². The maximum Gasteiger partial charge on any atom is 0.290 e. The summed E-state index contributed by atoms with van der Waals surface area (Å²) in [6.45, 7) is 2.55. The topological polar surface area (TPSA) is 78.2 Å². The van der Waals surface area contributed by atoms with Gasteiger partial charge in [0.1, 0.15) is 5.58 Å². The Hall–Kier alpha value is -3.32. The van der Waals surface area contributed by atoms with Crippen LogP contribution >= 0.6 is 0 Å². The van der Waals surface area contributed by atoms with Crippen LogP contribution in [0.25, 0.3) is 11.0 Å². The quantitative estimate of drug-likeness (QED) is 0.622. The molecule has 0 N–H and O–H groups in total. The number of hydrogen-bond donors (Lipinski definition) is 0. The molecule has 156 valence electrons. The van der Waals surface area contributed by atoms with Crippen molar-refractivity contribution in [2.45, 2.75) is 13.0 Å². The van der Waals surface area contributed by atoms with Crippen molar-refractivity contribution in [1.82, 2.24) is 4.90 Å². The van der Waals surface area contributed by atoms with Crippen LogP contribution in [0, 0.1) is 6.92 Å². The fourth-order valence-electron chi connectivity index (χ4n) is 3.92. The van der Waals surface area contributed by atoms with Crippen LogP contribution in [0.1, 0.15) is 33.3 Å². The van der Waals surface area contributed by atoms with E-state index >= 15 is 0 Å². The molecule has 2 heterocycles. The molecule has 2 aromatic carbocycles. The molecule has 30 heavy (non-hydrogen) atoms. The van der Waals surface area contributed by atoms with Gasteiger partial charge in [0, 0.05) is 13.7 Å². The number of carbonyl (C=O) groups excluding carboxylic acids is 1. The molecular formula is C23H23NO6. The molecule has 0 radical (unpaired) electrons. The third kappa shape index (κ3) is 3.11. The van der Waals surface area contributed by atoms with Crippen molar-refractivity contribution in [1.29, 1.82) is 0 Å². The van der Waals surface area contributed by atoms with E-state index in [0.29, 0.717) is 41.2 Å². The van der Waals surface area contributed by atoms with Crippen LogP contribution in [0.15, 0.2) is 45.6 Å². The number of carbonyl (C=O) groups is 1. The average molecular weight is 409 g/mol. The van der Waals surface area contributed by atoms with Crippen molar-refractivity contribution in [3.05, 3.63) is 69.1 Å². The molecule has 7 heteroatoms. The zero-order valence-electron chi connectivity index (χ0n) is 17.4. The Kier molecular flexibility index (Phi) is 5.22. The second kappa shape index (κ2) is 7.84. The van der Waals surface area contributed by atoms with Crippen LogP contribution in [0.4, 0.5) is 0 Å². The number of aryl methyl sites for hydroxylation is 1. The molecule has 7 nitrogen and oxygen atoms in total. The third-order valence-electron chi connectivity index (χ3n) is 5.38. The van der Waals surface area contributed by atoms with Crippen LogP contribution in [0.5, 0.6) is 11.5 Å². The van der Waals surface area contributed by atoms with Crippen molar-refractivity contribution >= 4 is 16.9 Å². The van der Waals surface area contributed by atoms with Crippen LogP contribution < -0.4 is 14.9 Å². The van der Waals surface area contributed by atoms with Crippen LogP contribution in [0.2, 0.25) is 0 Å². The van der Waals surface area contributed by atoms with Gasteiger partial charge in [-0.05, 0) is 36.8 Å². The maximum absolute atomic E-state index is 13.5. The second-order valence-corrected chi connectivity index (χ2v) is 7.18. The SMILES string of the molecule is COCCN1C(=O)c2oc3ccc(C)cc3c(=O)c2[C@H]1c1ccc(OC)c(OC)c1. The highest BCUT2D eigenvalue weighted by atomic mass is 16.5. The Balaban J connectivity index is 1.96. The number of rotatable bonds is 6. The first-order valence-corrected chi connectivity index (χ1v) is 9.59. The van der Waals surface area contributed by atoms with Crippen LogP contribution in [-0.4, -0.2) is 45.3 Å². The van der Waals surface area contributed by atoms with E-state index in [1.54, 1.807) is 50.5 Å². The predicted molar refractivity (Wildman–Crippen MR) is 112 cm³/mol. The fraction of sp³-hybridized carbons (Fsp3) is 0.304. The molecule has 0 saturated heterocycles. The fourth-order valence-corrected chi connectivity index (χ4v) is 3.92. The summed E-state index contributed by atoms with van der Waals surface area (Å²) >= 11 is 0. The minimum atomic E-state index is -0.608. The summed E-state index contributed by atoms with van der Waals surface area (Å²) in [5, 5.41) is 0.459. The Morgan fingerprint density at radius 3 is 2.47 bits per heavy atom. The van der Waals surface area contributed by atoms with Gasteiger partial charge in [-0.2, -0.15) is 0 Å². The standard InChI is InChI=1S/C23H23NO6/c1-13-5-7-16-15(11-13)21(25)19-20(14-6-8-17(28-3)18(12-14)29-4)24(9-10-27-2)23(26)22(19)30-16/h5-8,11-12,20H,9-10H2,1-4H3/t20-/m1/s1. The zero-order valence-corrected chi connectivity index (χ0v) is 17.4. The highest BCUT2D eigenvalue weighted by molar-refractivity contribution is 5.99. The lowest BCUT2D eigenvalue weighted by Crippen LogP contribution is -2.32. The third-order valence-corrected chi connectivity index (χ3v) is 5.38. The normalized spacial score (nSPS) is 15.5. The number of fused-ring (bicyclic) bond motifs is 2. The smallest absolute Gasteiger partial charge is 0.290 e. The molecule has 0 bridgehead atoms. The van der Waals surface area contributed by atoms with E-state index < -0.39 is 6.04 Å². The molecule has 0 spiro atoms. The molecule has 0 saturated carbocycles. The Morgan fingerprint density at radius 1 is 1.00 bits per heavy atom. The summed E-state index contributed by atoms with van der Waals surface area (Å²) in [5.41, 5.74) is 2.20. The van der Waals surface area contributed by atoms with Gasteiger partial charge in [0.2, 0.25) is 5.76 Å². The molecule has 3 aromatic rings. The molecule has 0 fully saturated rings. The van der Waals surface area contributed by atoms with Gasteiger partial charge in [0.15, 0.2) is 16.9 Å². The molecule has 1 aromatic heterocycles. The van der Waals surface area contributed by atoms with Crippen molar-refractivity contribution in [3.63, 3.8) is 0 Å². The van der Waals surface area contributed by atoms with E-state index in [2.05, 4.69) is 0 Å². The summed E-state index contributed by atoms with van der Waals surface area (Å²) in [4.78, 5) is 28.3. The Morgan fingerprint density at radius 2 is 1.77 bits per heavy atom. The van der Waals surface area contributed by atoms with Gasteiger partial charge >= 0.3 is 0 Å². The predicted octanol–water partition coefficient (Wildman–Crippen LogP) is 3.31. The lowest BCUT2D eigenvalue weighted by Gasteiger charge is -2.25. The van der Waals surface area contributed by atoms with Crippen LogP contribution in [-0.2, 0) is 4.74 Å². The van der Waals surface area contributed by atoms with Crippen molar-refractivity contribution in [2.75, 3.05) is 34.5 Å². The van der Waals surface area contributed by atoms with Gasteiger partial charge < -0.3 is 23.5 Å². The maximum atomic E-state index is 13.5.